The maximum atomic E-state index is 5.15. The quantitative estimate of drug-likeness (QED) is 0.424. The Hall–Kier alpha value is -3.50. The van der Waals surface area contributed by atoms with Crippen molar-refractivity contribution < 1.29 is 4.74 Å². The number of fused-ring (bicyclic) bond motifs is 3. The van der Waals surface area contributed by atoms with Crippen molar-refractivity contribution in [3.63, 3.8) is 0 Å². The molecule has 0 amide bonds. The van der Waals surface area contributed by atoms with Crippen LogP contribution < -0.4 is 9.54 Å². The molecule has 5 aromatic rings. The van der Waals surface area contributed by atoms with Gasteiger partial charge in [-0.25, -0.2) is 9.98 Å². The number of aromatic amines is 1. The summed E-state index contributed by atoms with van der Waals surface area (Å²) >= 11 is 2.87. The van der Waals surface area contributed by atoms with Crippen molar-refractivity contribution in [1.29, 1.82) is 0 Å². The van der Waals surface area contributed by atoms with Gasteiger partial charge >= 0.3 is 0 Å². The predicted molar refractivity (Wildman–Crippen MR) is 119 cm³/mol. The van der Waals surface area contributed by atoms with Gasteiger partial charge in [-0.1, -0.05) is 40.9 Å². The summed E-state index contributed by atoms with van der Waals surface area (Å²) in [5.74, 6) is 0.807. The molecule has 148 valence electrons. The molecule has 3 aromatic heterocycles. The lowest BCUT2D eigenvalue weighted by Crippen LogP contribution is -2.05. The summed E-state index contributed by atoms with van der Waals surface area (Å²) < 4.78 is 5.15. The maximum absolute atomic E-state index is 5.15. The van der Waals surface area contributed by atoms with E-state index in [0.29, 0.717) is 16.5 Å². The fraction of sp³-hybridized carbons (Fsp3) is 0.100. The van der Waals surface area contributed by atoms with Crippen molar-refractivity contribution in [2.75, 3.05) is 7.11 Å². The zero-order chi connectivity index (χ0) is 20.3. The molecule has 3 heterocycles. The number of aromatic nitrogens is 5. The Morgan fingerprint density at radius 2 is 1.87 bits per heavy atom. The van der Waals surface area contributed by atoms with Crippen molar-refractivity contribution in [2.45, 2.75) is 6.54 Å². The van der Waals surface area contributed by atoms with Crippen LogP contribution in [0.1, 0.15) is 10.6 Å². The van der Waals surface area contributed by atoms with Crippen LogP contribution in [-0.4, -0.2) is 38.7 Å². The number of benzene rings is 2. The zero-order valence-electron chi connectivity index (χ0n) is 15.8. The second-order valence-electron chi connectivity index (χ2n) is 6.26. The minimum Gasteiger partial charge on any atom is -0.497 e. The van der Waals surface area contributed by atoms with E-state index in [2.05, 4.69) is 35.4 Å². The minimum atomic E-state index is 0.382. The van der Waals surface area contributed by atoms with Gasteiger partial charge in [0.05, 0.1) is 13.7 Å². The highest BCUT2D eigenvalue weighted by Crippen LogP contribution is 2.23. The number of ether oxygens (including phenoxy) is 1. The highest BCUT2D eigenvalue weighted by Gasteiger charge is 2.06. The number of rotatable bonds is 5. The molecular weight excluding hydrogens is 418 g/mol. The van der Waals surface area contributed by atoms with Gasteiger partial charge in [0, 0.05) is 17.1 Å². The van der Waals surface area contributed by atoms with Gasteiger partial charge in [-0.3, -0.25) is 0 Å². The Balaban J connectivity index is 1.32. The van der Waals surface area contributed by atoms with E-state index < -0.39 is 0 Å². The Morgan fingerprint density at radius 1 is 1.00 bits per heavy atom. The molecule has 0 saturated carbocycles. The molecular formula is C20H15N7OS2. The normalized spacial score (nSPS) is 12.4. The molecule has 5 rings (SSSR count). The van der Waals surface area contributed by atoms with Crippen LogP contribution in [0.4, 0.5) is 5.13 Å². The lowest BCUT2D eigenvalue weighted by atomic mass is 10.2. The average Bonchev–Trinajstić information content (AvgIpc) is 3.40. The molecule has 0 radical (unpaired) electrons. The number of methoxy groups -OCH3 is 1. The third-order valence-electron chi connectivity index (χ3n) is 4.32. The van der Waals surface area contributed by atoms with Crippen LogP contribution in [0.25, 0.3) is 21.3 Å². The van der Waals surface area contributed by atoms with E-state index in [1.165, 1.54) is 22.7 Å². The summed E-state index contributed by atoms with van der Waals surface area (Å²) in [6.07, 6.45) is 1.75. The number of hydrogen-bond acceptors (Lipinski definition) is 9. The molecule has 2 aromatic carbocycles. The van der Waals surface area contributed by atoms with Crippen molar-refractivity contribution in [2.24, 2.45) is 9.98 Å². The van der Waals surface area contributed by atoms with Crippen LogP contribution in [-0.2, 0) is 6.54 Å². The van der Waals surface area contributed by atoms with E-state index in [1.807, 2.05) is 48.5 Å². The van der Waals surface area contributed by atoms with E-state index >= 15 is 0 Å². The van der Waals surface area contributed by atoms with Crippen LogP contribution in [0.3, 0.4) is 0 Å². The molecule has 0 aliphatic carbocycles. The number of hydrogen-bond donors (Lipinski definition) is 1. The zero-order valence-corrected chi connectivity index (χ0v) is 17.4. The van der Waals surface area contributed by atoms with E-state index in [-0.39, 0.29) is 0 Å². The first kappa shape index (κ1) is 18.5. The third kappa shape index (κ3) is 3.82. The molecule has 0 spiro atoms. The first-order valence-corrected chi connectivity index (χ1v) is 10.7. The lowest BCUT2D eigenvalue weighted by Gasteiger charge is -1.98. The third-order valence-corrected chi connectivity index (χ3v) is 6.03. The molecule has 0 aliphatic rings. The van der Waals surface area contributed by atoms with Crippen LogP contribution in [0.2, 0.25) is 0 Å². The Labute approximate surface area is 178 Å². The van der Waals surface area contributed by atoms with Crippen LogP contribution >= 0.6 is 22.7 Å². The molecule has 0 aliphatic heterocycles. The van der Waals surface area contributed by atoms with Crippen molar-refractivity contribution in [3.05, 3.63) is 63.9 Å². The molecule has 10 heteroatoms. The largest absolute Gasteiger partial charge is 0.497 e. The van der Waals surface area contributed by atoms with E-state index in [0.717, 1.165) is 37.6 Å². The summed E-state index contributed by atoms with van der Waals surface area (Å²) in [6.45, 7) is 0.382. The van der Waals surface area contributed by atoms with Gasteiger partial charge in [0.2, 0.25) is 9.93 Å². The topological polar surface area (TPSA) is 101 Å². The molecule has 1 N–H and O–H groups in total. The van der Waals surface area contributed by atoms with Gasteiger partial charge in [-0.15, -0.1) is 20.4 Å². The van der Waals surface area contributed by atoms with Crippen LogP contribution in [0, 0.1) is 0 Å². The van der Waals surface area contributed by atoms with E-state index in [4.69, 9.17) is 4.74 Å². The number of nitrogens with one attached hydrogen (secondary N) is 1. The second-order valence-corrected chi connectivity index (χ2v) is 8.28. The highest BCUT2D eigenvalue weighted by atomic mass is 32.1. The van der Waals surface area contributed by atoms with Crippen molar-refractivity contribution in [1.82, 2.24) is 25.4 Å². The molecule has 0 atom stereocenters. The molecule has 0 unspecified atom stereocenters. The lowest BCUT2D eigenvalue weighted by molar-refractivity contribution is 0.415. The van der Waals surface area contributed by atoms with Crippen LogP contribution in [0.15, 0.2) is 58.5 Å². The fourth-order valence-electron chi connectivity index (χ4n) is 2.86. The van der Waals surface area contributed by atoms with E-state index in [1.54, 1.807) is 13.3 Å². The first-order chi connectivity index (χ1) is 14.8. The number of para-hydroxylation sites is 1. The van der Waals surface area contributed by atoms with Crippen molar-refractivity contribution in [3.8, 4) is 5.75 Å². The van der Waals surface area contributed by atoms with E-state index in [9.17, 15) is 0 Å². The number of aliphatic imine (C=N–C) groups is 1. The summed E-state index contributed by atoms with van der Waals surface area (Å²) in [5, 5.41) is 19.2. The van der Waals surface area contributed by atoms with Gasteiger partial charge in [-0.05, 0) is 35.9 Å². The smallest absolute Gasteiger partial charge is 0.231 e. The SMILES string of the molecule is COc1ccc(C=Nc2nnc(CN=c3nnc4c([nH]c5ccccc54)s3)s2)cc1. The number of H-pyrrole nitrogens is 1. The van der Waals surface area contributed by atoms with Gasteiger partial charge < -0.3 is 9.72 Å². The van der Waals surface area contributed by atoms with Gasteiger partial charge in [-0.2, -0.15) is 0 Å². The standard InChI is InChI=1S/C20H15N7OS2/c1-28-13-8-6-12(7-9-13)10-21-19-26-24-16(29-19)11-22-20-27-25-17-14-4-2-3-5-15(14)23-18(17)30-20/h2-10,23H,11H2,1H3. The summed E-state index contributed by atoms with van der Waals surface area (Å²) in [4.78, 5) is 13.8. The Kier molecular flexibility index (Phi) is 4.99. The molecule has 8 nitrogen and oxygen atoms in total. The molecule has 30 heavy (non-hydrogen) atoms. The number of nitrogens with zero attached hydrogens (tertiary/aromatic N) is 6. The fourth-order valence-corrected chi connectivity index (χ4v) is 4.27. The summed E-state index contributed by atoms with van der Waals surface area (Å²) in [5.41, 5.74) is 2.86. The molecule has 0 fully saturated rings. The monoisotopic (exact) mass is 433 g/mol. The van der Waals surface area contributed by atoms with Crippen molar-refractivity contribution >= 4 is 55.3 Å². The van der Waals surface area contributed by atoms with Gasteiger partial charge in [0.25, 0.3) is 0 Å². The van der Waals surface area contributed by atoms with Crippen LogP contribution in [0.5, 0.6) is 5.75 Å². The molecule has 0 saturated heterocycles. The minimum absolute atomic E-state index is 0.382. The Bertz CT molecular complexity index is 1420. The predicted octanol–water partition coefficient (Wildman–Crippen LogP) is 3.88. The van der Waals surface area contributed by atoms with Gasteiger partial charge in [0.15, 0.2) is 0 Å². The maximum Gasteiger partial charge on any atom is 0.231 e. The van der Waals surface area contributed by atoms with Gasteiger partial charge in [0.1, 0.15) is 21.1 Å². The molecule has 0 bridgehead atoms. The summed E-state index contributed by atoms with van der Waals surface area (Å²) in [6, 6.07) is 15.7. The second kappa shape index (κ2) is 8.09. The Morgan fingerprint density at radius 3 is 2.73 bits per heavy atom. The highest BCUT2D eigenvalue weighted by molar-refractivity contribution is 7.15. The first-order valence-electron chi connectivity index (χ1n) is 9.04. The average molecular weight is 434 g/mol. The summed E-state index contributed by atoms with van der Waals surface area (Å²) in [7, 11) is 1.64.